The molecule has 2 N–H and O–H groups in total. The van der Waals surface area contributed by atoms with Crippen LogP contribution in [0, 0.1) is 11.8 Å². The maximum Gasteiger partial charge on any atom is 0.279 e. The molecule has 0 bridgehead atoms. The minimum atomic E-state index is -3.28. The maximum atomic E-state index is 12.5. The second kappa shape index (κ2) is 7.90. The van der Waals surface area contributed by atoms with Crippen LogP contribution < -0.4 is 10.0 Å². The average molecular weight is 317 g/mol. The summed E-state index contributed by atoms with van der Waals surface area (Å²) in [6, 6.07) is 0.146. The number of nitrogens with zero attached hydrogens (tertiary/aromatic N) is 1. The highest BCUT2D eigenvalue weighted by Crippen LogP contribution is 2.27. The summed E-state index contributed by atoms with van der Waals surface area (Å²) >= 11 is 0. The quantitative estimate of drug-likeness (QED) is 0.784. The molecule has 1 heterocycles. The lowest BCUT2D eigenvalue weighted by Gasteiger charge is -2.34. The molecule has 0 amide bonds. The number of piperidine rings is 1. The van der Waals surface area contributed by atoms with Crippen LogP contribution in [-0.2, 0) is 10.2 Å². The zero-order valence-electron chi connectivity index (χ0n) is 13.5. The molecule has 0 aromatic rings. The van der Waals surface area contributed by atoms with Gasteiger partial charge in [-0.15, -0.1) is 0 Å². The van der Waals surface area contributed by atoms with Crippen molar-refractivity contribution in [1.82, 2.24) is 14.3 Å². The molecule has 1 saturated carbocycles. The Morgan fingerprint density at radius 1 is 1.00 bits per heavy atom. The van der Waals surface area contributed by atoms with Crippen LogP contribution in [0.1, 0.15) is 51.9 Å². The highest BCUT2D eigenvalue weighted by molar-refractivity contribution is 7.87. The van der Waals surface area contributed by atoms with Gasteiger partial charge >= 0.3 is 0 Å². The third-order valence-electron chi connectivity index (χ3n) is 5.15. The molecule has 5 nitrogen and oxygen atoms in total. The summed E-state index contributed by atoms with van der Waals surface area (Å²) in [7, 11) is -1.33. The summed E-state index contributed by atoms with van der Waals surface area (Å²) in [5.74, 6) is 1.41. The Hall–Kier alpha value is -0.170. The van der Waals surface area contributed by atoms with Crippen molar-refractivity contribution in [3.63, 3.8) is 0 Å². The molecule has 2 rings (SSSR count). The third-order valence-corrected chi connectivity index (χ3v) is 6.82. The lowest BCUT2D eigenvalue weighted by molar-refractivity contribution is 0.260. The number of hydrogen-bond acceptors (Lipinski definition) is 3. The first-order valence-electron chi connectivity index (χ1n) is 8.47. The first-order chi connectivity index (χ1) is 10.0. The monoisotopic (exact) mass is 317 g/mol. The van der Waals surface area contributed by atoms with Crippen molar-refractivity contribution in [2.45, 2.75) is 57.9 Å². The van der Waals surface area contributed by atoms with Crippen molar-refractivity contribution in [3.05, 3.63) is 0 Å². The van der Waals surface area contributed by atoms with Crippen LogP contribution in [0.4, 0.5) is 0 Å². The van der Waals surface area contributed by atoms with E-state index in [0.29, 0.717) is 19.0 Å². The molecule has 2 fully saturated rings. The Bertz CT molecular complexity index is 397. The van der Waals surface area contributed by atoms with E-state index >= 15 is 0 Å². The molecule has 0 atom stereocenters. The van der Waals surface area contributed by atoms with Gasteiger partial charge in [-0.2, -0.15) is 17.4 Å². The van der Waals surface area contributed by atoms with Gasteiger partial charge in [-0.3, -0.25) is 0 Å². The molecule has 1 aliphatic carbocycles. The van der Waals surface area contributed by atoms with Gasteiger partial charge in [0.25, 0.3) is 10.2 Å². The maximum absolute atomic E-state index is 12.5. The second-order valence-corrected chi connectivity index (χ2v) is 8.35. The van der Waals surface area contributed by atoms with Gasteiger partial charge in [0.15, 0.2) is 0 Å². The summed E-state index contributed by atoms with van der Waals surface area (Å²) in [6.07, 6.45) is 7.46. The smallest absolute Gasteiger partial charge is 0.279 e. The summed E-state index contributed by atoms with van der Waals surface area (Å²) in [5, 5.41) is 3.18. The molecule has 124 valence electrons. The van der Waals surface area contributed by atoms with Crippen LogP contribution >= 0.6 is 0 Å². The molecule has 21 heavy (non-hydrogen) atoms. The minimum Gasteiger partial charge on any atom is -0.319 e. The Kier molecular flexibility index (Phi) is 6.47. The highest BCUT2D eigenvalue weighted by Gasteiger charge is 2.30. The molecule has 1 aliphatic heterocycles. The van der Waals surface area contributed by atoms with Crippen molar-refractivity contribution < 1.29 is 8.42 Å². The van der Waals surface area contributed by atoms with Crippen molar-refractivity contribution >= 4 is 10.2 Å². The van der Waals surface area contributed by atoms with Crippen molar-refractivity contribution in [1.29, 1.82) is 0 Å². The van der Waals surface area contributed by atoms with E-state index in [-0.39, 0.29) is 6.04 Å². The molecule has 6 heteroatoms. The molecule has 2 aliphatic rings. The summed E-state index contributed by atoms with van der Waals surface area (Å²) in [6.45, 7) is 4.53. The van der Waals surface area contributed by atoms with Crippen LogP contribution in [0.3, 0.4) is 0 Å². The zero-order chi connectivity index (χ0) is 15.3. The van der Waals surface area contributed by atoms with E-state index in [1.54, 1.807) is 4.31 Å². The van der Waals surface area contributed by atoms with E-state index in [1.807, 2.05) is 7.05 Å². The first-order valence-corrected chi connectivity index (χ1v) is 9.91. The number of nitrogens with one attached hydrogen (secondary N) is 2. The molecule has 0 radical (unpaired) electrons. The first kappa shape index (κ1) is 17.2. The van der Waals surface area contributed by atoms with Gasteiger partial charge in [-0.05, 0) is 64.0 Å². The SMILES string of the molecule is CCC1CCC(NS(=O)(=O)N2CCC(CNC)CC2)CC1. The van der Waals surface area contributed by atoms with E-state index in [0.717, 1.165) is 51.0 Å². The minimum absolute atomic E-state index is 0.146. The molecule has 0 spiro atoms. The van der Waals surface area contributed by atoms with Gasteiger partial charge < -0.3 is 5.32 Å². The van der Waals surface area contributed by atoms with Crippen molar-refractivity contribution in [2.75, 3.05) is 26.7 Å². The van der Waals surface area contributed by atoms with Gasteiger partial charge in [-0.25, -0.2) is 0 Å². The van der Waals surface area contributed by atoms with Crippen LogP contribution in [0.2, 0.25) is 0 Å². The van der Waals surface area contributed by atoms with E-state index in [1.165, 1.54) is 6.42 Å². The van der Waals surface area contributed by atoms with Crippen LogP contribution in [0.5, 0.6) is 0 Å². The summed E-state index contributed by atoms with van der Waals surface area (Å²) in [4.78, 5) is 0. The van der Waals surface area contributed by atoms with Gasteiger partial charge in [0.2, 0.25) is 0 Å². The third kappa shape index (κ3) is 4.91. The predicted octanol–water partition coefficient (Wildman–Crippen LogP) is 1.72. The Balaban J connectivity index is 1.80. The number of hydrogen-bond donors (Lipinski definition) is 2. The van der Waals surface area contributed by atoms with Gasteiger partial charge in [0.1, 0.15) is 0 Å². The lowest BCUT2D eigenvalue weighted by atomic mass is 9.85. The lowest BCUT2D eigenvalue weighted by Crippen LogP contribution is -2.49. The van der Waals surface area contributed by atoms with Crippen LogP contribution in [0.25, 0.3) is 0 Å². The van der Waals surface area contributed by atoms with E-state index in [4.69, 9.17) is 0 Å². The highest BCUT2D eigenvalue weighted by atomic mass is 32.2. The van der Waals surface area contributed by atoms with Crippen molar-refractivity contribution in [2.24, 2.45) is 11.8 Å². The fourth-order valence-electron chi connectivity index (χ4n) is 3.62. The van der Waals surface area contributed by atoms with Gasteiger partial charge in [0.05, 0.1) is 0 Å². The topological polar surface area (TPSA) is 61.4 Å². The Morgan fingerprint density at radius 2 is 1.62 bits per heavy atom. The average Bonchev–Trinajstić information content (AvgIpc) is 2.48. The molecular formula is C15H31N3O2S. The van der Waals surface area contributed by atoms with E-state index < -0.39 is 10.2 Å². The second-order valence-electron chi connectivity index (χ2n) is 6.65. The fourth-order valence-corrected chi connectivity index (χ4v) is 5.11. The molecule has 0 aromatic heterocycles. The Morgan fingerprint density at radius 3 is 2.14 bits per heavy atom. The van der Waals surface area contributed by atoms with Gasteiger partial charge in [0, 0.05) is 19.1 Å². The molecule has 1 saturated heterocycles. The fraction of sp³-hybridized carbons (Fsp3) is 1.00. The summed E-state index contributed by atoms with van der Waals surface area (Å²) in [5.41, 5.74) is 0. The summed E-state index contributed by atoms with van der Waals surface area (Å²) < 4.78 is 29.5. The largest absolute Gasteiger partial charge is 0.319 e. The normalized spacial score (nSPS) is 29.6. The zero-order valence-corrected chi connectivity index (χ0v) is 14.3. The standard InChI is InChI=1S/C15H31N3O2S/c1-3-13-4-6-15(7-5-13)17-21(19,20)18-10-8-14(9-11-18)12-16-2/h13-17H,3-12H2,1-2H3. The van der Waals surface area contributed by atoms with E-state index in [2.05, 4.69) is 17.0 Å². The molecular weight excluding hydrogens is 286 g/mol. The van der Waals surface area contributed by atoms with Crippen LogP contribution in [-0.4, -0.2) is 45.4 Å². The molecule has 0 aromatic carbocycles. The van der Waals surface area contributed by atoms with E-state index in [9.17, 15) is 8.42 Å². The van der Waals surface area contributed by atoms with Crippen LogP contribution in [0.15, 0.2) is 0 Å². The Labute approximate surface area is 130 Å². The number of rotatable bonds is 6. The van der Waals surface area contributed by atoms with Gasteiger partial charge in [-0.1, -0.05) is 13.3 Å². The predicted molar refractivity (Wildman–Crippen MR) is 86.3 cm³/mol. The molecule has 0 unspecified atom stereocenters. The van der Waals surface area contributed by atoms with Crippen molar-refractivity contribution in [3.8, 4) is 0 Å².